The first-order valence-electron chi connectivity index (χ1n) is 6.95. The number of carboxylic acids is 1. The molecule has 2 unspecified atom stereocenters. The second-order valence-electron chi connectivity index (χ2n) is 4.86. The van der Waals surface area contributed by atoms with Crippen molar-refractivity contribution in [3.63, 3.8) is 0 Å². The fourth-order valence-corrected chi connectivity index (χ4v) is 3.31. The van der Waals surface area contributed by atoms with Crippen molar-refractivity contribution in [2.24, 2.45) is 5.92 Å². The Morgan fingerprint density at radius 3 is 2.79 bits per heavy atom. The number of thioether (sulfide) groups is 1. The van der Waals surface area contributed by atoms with Gasteiger partial charge >= 0.3 is 12.0 Å². The number of carboxylic acid groups (broad SMARTS) is 1. The van der Waals surface area contributed by atoms with Crippen LogP contribution >= 0.6 is 11.8 Å². The van der Waals surface area contributed by atoms with Crippen LogP contribution in [0.4, 0.5) is 4.79 Å². The SMILES string of the molecule is CCCC(CNC(=O)N1CCSC(CC)C1)C(=O)O. The van der Waals surface area contributed by atoms with Crippen LogP contribution < -0.4 is 5.32 Å². The van der Waals surface area contributed by atoms with Gasteiger partial charge in [-0.3, -0.25) is 4.79 Å². The van der Waals surface area contributed by atoms with Crippen molar-refractivity contribution in [3.05, 3.63) is 0 Å². The lowest BCUT2D eigenvalue weighted by molar-refractivity contribution is -0.141. The largest absolute Gasteiger partial charge is 0.481 e. The fraction of sp³-hybridized carbons (Fsp3) is 0.846. The van der Waals surface area contributed by atoms with Crippen LogP contribution in [0, 0.1) is 5.92 Å². The number of nitrogens with one attached hydrogen (secondary N) is 1. The third kappa shape index (κ3) is 5.30. The first-order valence-corrected chi connectivity index (χ1v) is 8.00. The summed E-state index contributed by atoms with van der Waals surface area (Å²) in [6.45, 7) is 5.81. The minimum Gasteiger partial charge on any atom is -0.481 e. The van der Waals surface area contributed by atoms with Crippen molar-refractivity contribution < 1.29 is 14.7 Å². The Labute approximate surface area is 119 Å². The van der Waals surface area contributed by atoms with Gasteiger partial charge in [-0.15, -0.1) is 0 Å². The van der Waals surface area contributed by atoms with Crippen LogP contribution in [0.15, 0.2) is 0 Å². The van der Waals surface area contributed by atoms with E-state index in [1.165, 1.54) is 0 Å². The lowest BCUT2D eigenvalue weighted by Gasteiger charge is -2.32. The molecule has 1 fully saturated rings. The minimum absolute atomic E-state index is 0.124. The first kappa shape index (κ1) is 16.1. The molecule has 1 saturated heterocycles. The zero-order valence-corrected chi connectivity index (χ0v) is 12.5. The average molecular weight is 288 g/mol. The summed E-state index contributed by atoms with van der Waals surface area (Å²) in [7, 11) is 0. The van der Waals surface area contributed by atoms with Gasteiger partial charge in [0.05, 0.1) is 5.92 Å². The molecule has 0 aliphatic carbocycles. The van der Waals surface area contributed by atoms with E-state index in [2.05, 4.69) is 12.2 Å². The van der Waals surface area contributed by atoms with E-state index < -0.39 is 11.9 Å². The number of urea groups is 1. The van der Waals surface area contributed by atoms with E-state index >= 15 is 0 Å². The van der Waals surface area contributed by atoms with Crippen LogP contribution in [0.2, 0.25) is 0 Å². The molecule has 1 heterocycles. The van der Waals surface area contributed by atoms with Crippen molar-refractivity contribution in [1.29, 1.82) is 0 Å². The Bertz CT molecular complexity index is 312. The molecule has 0 spiro atoms. The second-order valence-corrected chi connectivity index (χ2v) is 6.27. The van der Waals surface area contributed by atoms with E-state index in [0.29, 0.717) is 11.7 Å². The van der Waals surface area contributed by atoms with Gasteiger partial charge < -0.3 is 15.3 Å². The molecule has 110 valence electrons. The maximum Gasteiger partial charge on any atom is 0.317 e. The van der Waals surface area contributed by atoms with Crippen LogP contribution in [-0.2, 0) is 4.79 Å². The monoisotopic (exact) mass is 288 g/mol. The lowest BCUT2D eigenvalue weighted by atomic mass is 10.0. The third-order valence-electron chi connectivity index (χ3n) is 3.37. The summed E-state index contributed by atoms with van der Waals surface area (Å²) in [5.41, 5.74) is 0. The van der Waals surface area contributed by atoms with Gasteiger partial charge in [-0.25, -0.2) is 4.79 Å². The third-order valence-corrected chi connectivity index (χ3v) is 4.74. The van der Waals surface area contributed by atoms with Crippen LogP contribution in [0.5, 0.6) is 0 Å². The Hall–Kier alpha value is -0.910. The molecule has 1 aliphatic rings. The van der Waals surface area contributed by atoms with Crippen molar-refractivity contribution in [3.8, 4) is 0 Å². The zero-order valence-electron chi connectivity index (χ0n) is 11.7. The number of hydrogen-bond donors (Lipinski definition) is 2. The van der Waals surface area contributed by atoms with E-state index in [1.807, 2.05) is 18.7 Å². The quantitative estimate of drug-likeness (QED) is 0.784. The Morgan fingerprint density at radius 1 is 1.47 bits per heavy atom. The first-order chi connectivity index (χ1) is 9.08. The molecule has 0 bridgehead atoms. The number of hydrogen-bond acceptors (Lipinski definition) is 3. The van der Waals surface area contributed by atoms with Crippen LogP contribution in [0.3, 0.4) is 0 Å². The van der Waals surface area contributed by atoms with Crippen molar-refractivity contribution in [1.82, 2.24) is 10.2 Å². The molecule has 5 nitrogen and oxygen atoms in total. The fourth-order valence-electron chi connectivity index (χ4n) is 2.13. The maximum absolute atomic E-state index is 12.0. The summed E-state index contributed by atoms with van der Waals surface area (Å²) in [5.74, 6) is -0.346. The molecule has 0 aromatic rings. The van der Waals surface area contributed by atoms with Gasteiger partial charge in [0, 0.05) is 30.6 Å². The van der Waals surface area contributed by atoms with Gasteiger partial charge in [-0.2, -0.15) is 11.8 Å². The standard InChI is InChI=1S/C13H24N2O3S/c1-3-5-10(12(16)17)8-14-13(18)15-6-7-19-11(4-2)9-15/h10-11H,3-9H2,1-2H3,(H,14,18)(H,16,17). The summed E-state index contributed by atoms with van der Waals surface area (Å²) in [6.07, 6.45) is 2.47. The number of amides is 2. The predicted molar refractivity (Wildman–Crippen MR) is 77.5 cm³/mol. The van der Waals surface area contributed by atoms with Gasteiger partial charge in [0.2, 0.25) is 0 Å². The van der Waals surface area contributed by atoms with Gasteiger partial charge in [0.25, 0.3) is 0 Å². The summed E-state index contributed by atoms with van der Waals surface area (Å²) in [5, 5.41) is 12.3. The number of nitrogens with zero attached hydrogens (tertiary/aromatic N) is 1. The highest BCUT2D eigenvalue weighted by Crippen LogP contribution is 2.21. The summed E-state index contributed by atoms with van der Waals surface area (Å²) >= 11 is 1.91. The molecule has 2 N–H and O–H groups in total. The highest BCUT2D eigenvalue weighted by atomic mass is 32.2. The maximum atomic E-state index is 12.0. The van der Waals surface area contributed by atoms with E-state index in [9.17, 15) is 9.59 Å². The van der Waals surface area contributed by atoms with Crippen molar-refractivity contribution >= 4 is 23.8 Å². The van der Waals surface area contributed by atoms with Crippen molar-refractivity contribution in [2.45, 2.75) is 38.4 Å². The minimum atomic E-state index is -0.831. The molecule has 2 amide bonds. The molecule has 19 heavy (non-hydrogen) atoms. The van der Waals surface area contributed by atoms with Crippen LogP contribution in [0.1, 0.15) is 33.1 Å². The van der Waals surface area contributed by atoms with E-state index in [4.69, 9.17) is 5.11 Å². The van der Waals surface area contributed by atoms with Crippen molar-refractivity contribution in [2.75, 3.05) is 25.4 Å². The lowest BCUT2D eigenvalue weighted by Crippen LogP contribution is -2.48. The topological polar surface area (TPSA) is 69.6 Å². The van der Waals surface area contributed by atoms with Gasteiger partial charge in [-0.1, -0.05) is 20.3 Å². The highest BCUT2D eigenvalue weighted by molar-refractivity contribution is 8.00. The number of carbonyl (C=O) groups excluding carboxylic acids is 1. The smallest absolute Gasteiger partial charge is 0.317 e. The summed E-state index contributed by atoms with van der Waals surface area (Å²) in [6, 6.07) is -0.124. The van der Waals surface area contributed by atoms with Crippen LogP contribution in [-0.4, -0.2) is 52.6 Å². The number of carbonyl (C=O) groups is 2. The average Bonchev–Trinajstić information content (AvgIpc) is 2.42. The molecule has 0 aromatic carbocycles. The Kier molecular flexibility index (Phi) is 7.05. The Balaban J connectivity index is 2.39. The summed E-state index contributed by atoms with van der Waals surface area (Å²) < 4.78 is 0. The normalized spacial score (nSPS) is 20.9. The second kappa shape index (κ2) is 8.30. The van der Waals surface area contributed by atoms with E-state index in [-0.39, 0.29) is 12.6 Å². The molecule has 0 radical (unpaired) electrons. The predicted octanol–water partition coefficient (Wildman–Crippen LogP) is 2.02. The molecule has 1 rings (SSSR count). The number of aliphatic carboxylic acids is 1. The van der Waals surface area contributed by atoms with E-state index in [1.54, 1.807) is 4.90 Å². The zero-order chi connectivity index (χ0) is 14.3. The van der Waals surface area contributed by atoms with Gasteiger partial charge in [-0.05, 0) is 12.8 Å². The van der Waals surface area contributed by atoms with Crippen LogP contribution in [0.25, 0.3) is 0 Å². The Morgan fingerprint density at radius 2 is 2.21 bits per heavy atom. The molecular formula is C13H24N2O3S. The highest BCUT2D eigenvalue weighted by Gasteiger charge is 2.24. The molecule has 0 saturated carbocycles. The van der Waals surface area contributed by atoms with Gasteiger partial charge in [0.1, 0.15) is 0 Å². The van der Waals surface area contributed by atoms with Gasteiger partial charge in [0.15, 0.2) is 0 Å². The number of rotatable bonds is 6. The summed E-state index contributed by atoms with van der Waals surface area (Å²) in [4.78, 5) is 24.8. The molecule has 2 atom stereocenters. The molecule has 0 aromatic heterocycles. The molecule has 6 heteroatoms. The van der Waals surface area contributed by atoms with E-state index in [0.717, 1.165) is 31.7 Å². The molecule has 1 aliphatic heterocycles. The molecular weight excluding hydrogens is 264 g/mol.